The molecule has 1 aliphatic rings. The number of hydrogen-bond acceptors (Lipinski definition) is 6. The Morgan fingerprint density at radius 3 is 2.61 bits per heavy atom. The number of halogens is 3. The van der Waals surface area contributed by atoms with Gasteiger partial charge >= 0.3 is 5.97 Å². The predicted octanol–water partition coefficient (Wildman–Crippen LogP) is 4.46. The molecule has 2 aromatic rings. The van der Waals surface area contributed by atoms with Crippen LogP contribution in [-0.2, 0) is 19.1 Å². The van der Waals surface area contributed by atoms with E-state index in [0.717, 1.165) is 11.8 Å². The molecule has 0 spiro atoms. The van der Waals surface area contributed by atoms with E-state index in [1.165, 1.54) is 19.2 Å². The quantitative estimate of drug-likeness (QED) is 0.376. The smallest absolute Gasteiger partial charge is 0.319 e. The Bertz CT molecular complexity index is 1200. The Morgan fingerprint density at radius 2 is 1.97 bits per heavy atom. The van der Waals surface area contributed by atoms with Crippen molar-refractivity contribution in [3.05, 3.63) is 73.4 Å². The van der Waals surface area contributed by atoms with Crippen LogP contribution in [0.15, 0.2) is 62.0 Å². The van der Waals surface area contributed by atoms with Crippen LogP contribution in [0.2, 0.25) is 0 Å². The molecule has 1 heterocycles. The second kappa shape index (κ2) is 11.0. The fourth-order valence-electron chi connectivity index (χ4n) is 3.29. The minimum Gasteiger partial charge on any atom is -0.468 e. The second-order valence-corrected chi connectivity index (χ2v) is 9.66. The maximum atomic E-state index is 14.0. The lowest BCUT2D eigenvalue weighted by Crippen LogP contribution is -2.44. The van der Waals surface area contributed by atoms with Gasteiger partial charge in [-0.1, -0.05) is 55.8 Å². The summed E-state index contributed by atoms with van der Waals surface area (Å²) in [5.41, 5.74) is 0.685. The highest BCUT2D eigenvalue weighted by Gasteiger charge is 2.44. The topological polar surface area (TPSA) is 108 Å². The van der Waals surface area contributed by atoms with Crippen molar-refractivity contribution < 1.29 is 23.5 Å². The summed E-state index contributed by atoms with van der Waals surface area (Å²) in [6.45, 7) is 0. The average Bonchev–Trinajstić information content (AvgIpc) is 2.78. The molecule has 33 heavy (non-hydrogen) atoms. The van der Waals surface area contributed by atoms with Gasteiger partial charge in [0.25, 0.3) is 0 Å². The first-order valence-electron chi connectivity index (χ1n) is 9.41. The summed E-state index contributed by atoms with van der Waals surface area (Å²) in [7, 11) is 1.17. The van der Waals surface area contributed by atoms with Crippen LogP contribution in [0.5, 0.6) is 0 Å². The lowest BCUT2D eigenvalue weighted by atomic mass is 9.78. The number of thioether (sulfide) groups is 1. The number of esters is 1. The van der Waals surface area contributed by atoms with E-state index in [9.17, 15) is 24.0 Å². The molecule has 7 nitrogen and oxygen atoms in total. The van der Waals surface area contributed by atoms with Gasteiger partial charge in [-0.3, -0.25) is 14.4 Å². The molecule has 2 aromatic carbocycles. The van der Waals surface area contributed by atoms with Crippen molar-refractivity contribution in [3.63, 3.8) is 0 Å². The van der Waals surface area contributed by atoms with Crippen LogP contribution in [0.1, 0.15) is 11.5 Å². The third kappa shape index (κ3) is 5.82. The number of amides is 2. The monoisotopic (exact) mass is 595 g/mol. The fourth-order valence-corrected chi connectivity index (χ4v) is 4.89. The van der Waals surface area contributed by atoms with E-state index >= 15 is 0 Å². The van der Waals surface area contributed by atoms with Gasteiger partial charge in [0.1, 0.15) is 11.7 Å². The number of rotatable bonds is 6. The van der Waals surface area contributed by atoms with E-state index < -0.39 is 35.4 Å². The molecule has 0 saturated carbocycles. The number of benzene rings is 2. The molecule has 11 heteroatoms. The van der Waals surface area contributed by atoms with E-state index in [0.29, 0.717) is 14.5 Å². The Morgan fingerprint density at radius 1 is 1.24 bits per heavy atom. The highest BCUT2D eigenvalue weighted by atomic mass is 79.9. The number of hydrogen-bond donors (Lipinski definition) is 2. The van der Waals surface area contributed by atoms with Crippen molar-refractivity contribution in [1.29, 1.82) is 5.26 Å². The number of carbonyl (C=O) groups excluding carboxylic acids is 3. The molecule has 0 radical (unpaired) electrons. The van der Waals surface area contributed by atoms with E-state index in [-0.39, 0.29) is 22.0 Å². The molecule has 0 bridgehead atoms. The summed E-state index contributed by atoms with van der Waals surface area (Å²) in [5.74, 6) is -4.94. The number of allylic oxidation sites excluding steroid dienone is 1. The molecule has 0 aromatic heterocycles. The summed E-state index contributed by atoms with van der Waals surface area (Å²) in [5, 5.41) is 15.0. The zero-order valence-corrected chi connectivity index (χ0v) is 21.0. The molecular weight excluding hydrogens is 581 g/mol. The Kier molecular flexibility index (Phi) is 8.29. The first-order chi connectivity index (χ1) is 15.7. The molecule has 2 atom stereocenters. The lowest BCUT2D eigenvalue weighted by Gasteiger charge is -2.31. The van der Waals surface area contributed by atoms with Crippen molar-refractivity contribution in [1.82, 2.24) is 5.32 Å². The van der Waals surface area contributed by atoms with E-state index in [1.807, 2.05) is 0 Å². The minimum absolute atomic E-state index is 0.00346. The van der Waals surface area contributed by atoms with Gasteiger partial charge in [0.15, 0.2) is 0 Å². The first-order valence-corrected chi connectivity index (χ1v) is 12.0. The van der Waals surface area contributed by atoms with Gasteiger partial charge in [0.05, 0.1) is 35.2 Å². The van der Waals surface area contributed by atoms with Gasteiger partial charge < -0.3 is 15.4 Å². The molecule has 0 aliphatic carbocycles. The van der Waals surface area contributed by atoms with Gasteiger partial charge in [0, 0.05) is 14.9 Å². The molecule has 0 unspecified atom stereocenters. The number of nitrogens with zero attached hydrogens (tertiary/aromatic N) is 1. The van der Waals surface area contributed by atoms with Crippen LogP contribution in [-0.4, -0.2) is 30.6 Å². The van der Waals surface area contributed by atoms with Crippen LogP contribution in [0.4, 0.5) is 10.1 Å². The van der Waals surface area contributed by atoms with Crippen molar-refractivity contribution in [2.75, 3.05) is 18.2 Å². The molecule has 2 amide bonds. The van der Waals surface area contributed by atoms with Crippen LogP contribution in [0.3, 0.4) is 0 Å². The van der Waals surface area contributed by atoms with Crippen molar-refractivity contribution in [2.45, 2.75) is 5.92 Å². The molecule has 0 fully saturated rings. The zero-order valence-electron chi connectivity index (χ0n) is 17.0. The van der Waals surface area contributed by atoms with Gasteiger partial charge in [-0.2, -0.15) is 5.26 Å². The summed E-state index contributed by atoms with van der Waals surface area (Å²) in [4.78, 5) is 37.6. The second-order valence-electron chi connectivity index (χ2n) is 6.84. The maximum Gasteiger partial charge on any atom is 0.319 e. The van der Waals surface area contributed by atoms with Crippen LogP contribution >= 0.6 is 43.6 Å². The average molecular weight is 597 g/mol. The van der Waals surface area contributed by atoms with Crippen molar-refractivity contribution >= 4 is 67.1 Å². The van der Waals surface area contributed by atoms with E-state index in [1.54, 1.807) is 30.3 Å². The number of anilines is 1. The number of methoxy groups -OCH3 is 1. The summed E-state index contributed by atoms with van der Waals surface area (Å²) in [6, 6.07) is 13.2. The third-order valence-corrected chi connectivity index (χ3v) is 6.75. The highest BCUT2D eigenvalue weighted by molar-refractivity contribution is 9.10. The molecular formula is C22H16Br2FN3O4S. The highest BCUT2D eigenvalue weighted by Crippen LogP contribution is 2.40. The van der Waals surface area contributed by atoms with Crippen molar-refractivity contribution in [3.8, 4) is 6.07 Å². The minimum atomic E-state index is -1.27. The van der Waals surface area contributed by atoms with Crippen LogP contribution in [0.25, 0.3) is 0 Å². The number of ether oxygens (including phenoxy) is 1. The Hall–Kier alpha value is -2.68. The van der Waals surface area contributed by atoms with Crippen LogP contribution in [0, 0.1) is 23.1 Å². The summed E-state index contributed by atoms with van der Waals surface area (Å²) >= 11 is 7.42. The fraction of sp³-hybridized carbons (Fsp3) is 0.182. The van der Waals surface area contributed by atoms with Gasteiger partial charge in [-0.25, -0.2) is 4.39 Å². The summed E-state index contributed by atoms with van der Waals surface area (Å²) in [6.07, 6.45) is 0. The predicted molar refractivity (Wildman–Crippen MR) is 128 cm³/mol. The number of nitrogens with one attached hydrogen (secondary N) is 2. The van der Waals surface area contributed by atoms with Crippen molar-refractivity contribution in [2.24, 2.45) is 5.92 Å². The molecule has 1 aliphatic heterocycles. The van der Waals surface area contributed by atoms with E-state index in [4.69, 9.17) is 4.74 Å². The normalized spacial score (nSPS) is 17.7. The molecule has 2 N–H and O–H groups in total. The first kappa shape index (κ1) is 25.0. The SMILES string of the molecule is COC(=O)[C@@H]1C(=O)NC(SCC(=O)Nc2ccc(Br)cc2F)=C(C#N)[C@H]1c1cccc(Br)c1. The van der Waals surface area contributed by atoms with Gasteiger partial charge in [-0.15, -0.1) is 0 Å². The molecule has 3 rings (SSSR count). The van der Waals surface area contributed by atoms with E-state index in [2.05, 4.69) is 48.6 Å². The largest absolute Gasteiger partial charge is 0.468 e. The third-order valence-electron chi connectivity index (χ3n) is 4.74. The number of carbonyl (C=O) groups is 3. The maximum absolute atomic E-state index is 14.0. The number of nitriles is 1. The molecule has 170 valence electrons. The zero-order chi connectivity index (χ0) is 24.1. The Labute approximate surface area is 210 Å². The van der Waals surface area contributed by atoms with Crippen LogP contribution < -0.4 is 10.6 Å². The molecule has 0 saturated heterocycles. The van der Waals surface area contributed by atoms with Gasteiger partial charge in [-0.05, 0) is 35.9 Å². The Balaban J connectivity index is 1.89. The lowest BCUT2D eigenvalue weighted by molar-refractivity contribution is -0.150. The summed E-state index contributed by atoms with van der Waals surface area (Å²) < 4.78 is 20.0. The standard InChI is InChI=1S/C22H16Br2FN3O4S/c1-32-22(31)19-18(11-3-2-4-12(23)7-11)14(9-26)21(28-20(19)30)33-10-17(29)27-16-6-5-13(24)8-15(16)25/h2-8,18-19H,10H2,1H3,(H,27,29)(H,28,30)/t18-,19+/m1/s1. The van der Waals surface area contributed by atoms with Gasteiger partial charge in [0.2, 0.25) is 11.8 Å².